The first kappa shape index (κ1) is 11.6. The summed E-state index contributed by atoms with van der Waals surface area (Å²) in [4.78, 5) is 0.366. The van der Waals surface area contributed by atoms with E-state index in [1.165, 1.54) is 0 Å². The zero-order valence-corrected chi connectivity index (χ0v) is 25.9. The number of rotatable bonds is 6. The van der Waals surface area contributed by atoms with Gasteiger partial charge in [-0.3, -0.25) is 0 Å². The van der Waals surface area contributed by atoms with Gasteiger partial charge in [-0.25, -0.2) is 0 Å². The van der Waals surface area contributed by atoms with Crippen LogP contribution in [-0.4, -0.2) is 0 Å². The van der Waals surface area contributed by atoms with Crippen LogP contribution in [0.25, 0.3) is 76.9 Å². The topological polar surface area (TPSA) is 16.4 Å². The molecule has 10 aromatic rings. The van der Waals surface area contributed by atoms with Crippen LogP contribution in [0, 0.1) is 0 Å². The molecule has 52 heavy (non-hydrogen) atoms. The number of benzene rings is 9. The molecular weight excluding hydrogens is 631 g/mol. The van der Waals surface area contributed by atoms with Gasteiger partial charge < -0.3 is 9.32 Å². The molecule has 1 aromatic heterocycles. The molecule has 0 unspecified atom stereocenters. The summed E-state index contributed by atoms with van der Waals surface area (Å²) in [6.07, 6.45) is 0. The number of fused-ring (bicyclic) bond motifs is 6. The summed E-state index contributed by atoms with van der Waals surface area (Å²) in [7, 11) is 0. The Morgan fingerprint density at radius 1 is 0.365 bits per heavy atom. The fraction of sp³-hybridized carbons (Fsp3) is 0. The third kappa shape index (κ3) is 5.12. The molecular formula is C50H33NO. The van der Waals surface area contributed by atoms with Gasteiger partial charge in [-0.2, -0.15) is 0 Å². The maximum absolute atomic E-state index is 9.75. The van der Waals surface area contributed by atoms with Gasteiger partial charge in [0, 0.05) is 22.1 Å². The third-order valence-electron chi connectivity index (χ3n) is 7.81. The molecule has 0 atom stereocenters. The molecule has 2 heteroatoms. The quantitative estimate of drug-likeness (QED) is 0.172. The second-order valence-corrected chi connectivity index (χ2v) is 10.8. The summed E-state index contributed by atoms with van der Waals surface area (Å²) in [5.74, 6) is 0. The predicted molar refractivity (Wildman–Crippen MR) is 220 cm³/mol. The summed E-state index contributed by atoms with van der Waals surface area (Å²) in [5.41, 5.74) is -10.3. The molecule has 0 spiro atoms. The van der Waals surface area contributed by atoms with Crippen LogP contribution >= 0.6 is 0 Å². The summed E-state index contributed by atoms with van der Waals surface area (Å²) < 4.78 is 302. The fourth-order valence-electron chi connectivity index (χ4n) is 5.48. The minimum absolute atomic E-state index is 0.366. The van der Waals surface area contributed by atoms with Gasteiger partial charge in [0.2, 0.25) is 0 Å². The Hall–Kier alpha value is -6.90. The standard InChI is InChI=1S/C50H33NO/c1-2-10-34(11-3-1)35-20-22-36(23-21-35)37-24-29-41(30-25-37)51(42-31-26-40(27-32-42)44-17-8-14-38-12-4-6-15-43(38)44)47-18-9-19-48-49(47)46-33-28-39-13-5-7-16-45(39)50(46)52-48/h1-33H/i1D,2D,3D,4D,5D,6D,7D,8D,9D,10D,11D,12D,13D,14D,15D,16D,17D,18D,19D,20D,21D,22D,23D,24D,25D,26D,27D,28D,29D,30D,31D,32D,33D. The molecule has 0 bridgehead atoms. The van der Waals surface area contributed by atoms with E-state index in [0.717, 1.165) is 0 Å². The van der Waals surface area contributed by atoms with Gasteiger partial charge in [0.25, 0.3) is 0 Å². The van der Waals surface area contributed by atoms with Gasteiger partial charge in [0.05, 0.1) is 56.3 Å². The Bertz CT molecular complexity index is 4690. The van der Waals surface area contributed by atoms with Crippen molar-refractivity contribution in [1.82, 2.24) is 0 Å². The number of nitrogens with zero attached hydrogens (tertiary/aromatic N) is 1. The van der Waals surface area contributed by atoms with Gasteiger partial charge in [0.1, 0.15) is 11.2 Å². The molecule has 0 saturated carbocycles. The number of hydrogen-bond donors (Lipinski definition) is 0. The molecule has 1 heterocycles. The van der Waals surface area contributed by atoms with E-state index >= 15 is 0 Å². The van der Waals surface area contributed by atoms with Crippen LogP contribution in [-0.2, 0) is 0 Å². The van der Waals surface area contributed by atoms with Crippen LogP contribution in [0.2, 0.25) is 0 Å². The summed E-state index contributed by atoms with van der Waals surface area (Å²) in [6, 6.07) is -34.4. The van der Waals surface area contributed by atoms with Crippen molar-refractivity contribution < 1.29 is 49.7 Å². The second-order valence-electron chi connectivity index (χ2n) is 10.8. The van der Waals surface area contributed by atoms with Crippen LogP contribution in [0.5, 0.6) is 0 Å². The highest BCUT2D eigenvalue weighted by atomic mass is 16.3. The lowest BCUT2D eigenvalue weighted by Gasteiger charge is -2.26. The van der Waals surface area contributed by atoms with E-state index in [9.17, 15) is 13.7 Å². The minimum atomic E-state index is -1.34. The molecule has 10 rings (SSSR count). The smallest absolute Gasteiger partial charge is 0.143 e. The SMILES string of the molecule is [2H]c1c([2H])c([2H])c(-c2c([2H])c([2H])c(-c3c([2H])c([2H])c(N(c4c([2H])c([2H])c(-c5c([2H])c([2H])c([2H])c6c([2H])c([2H])c([2H])c([2H])c56)c([2H])c4[2H])c4c([2H])c([2H])c([2H])c5oc6c7c([2H])c([2H])c([2H])c([2H])c7c([2H])c([2H])c6c45)c([2H])c3[2H])c([2H])c2[2H])c([2H])c1[2H]. The molecule has 244 valence electrons. The average Bonchev–Trinajstić information content (AvgIpc) is 2.88. The lowest BCUT2D eigenvalue weighted by atomic mass is 9.97. The van der Waals surface area contributed by atoms with E-state index in [2.05, 4.69) is 0 Å². The fourth-order valence-corrected chi connectivity index (χ4v) is 5.48. The summed E-state index contributed by atoms with van der Waals surface area (Å²) in [5, 5.41) is -3.96. The molecule has 0 fully saturated rings. The Morgan fingerprint density at radius 2 is 0.885 bits per heavy atom. The summed E-state index contributed by atoms with van der Waals surface area (Å²) >= 11 is 0. The molecule has 0 N–H and O–H groups in total. The molecule has 0 aliphatic heterocycles. The molecule has 9 aromatic carbocycles. The van der Waals surface area contributed by atoms with Crippen molar-refractivity contribution in [1.29, 1.82) is 0 Å². The molecule has 0 radical (unpaired) electrons. The predicted octanol–water partition coefficient (Wildman–Crippen LogP) is 14.4. The molecule has 0 saturated heterocycles. The van der Waals surface area contributed by atoms with Crippen LogP contribution in [0.15, 0.2) is 204 Å². The highest BCUT2D eigenvalue weighted by Gasteiger charge is 2.20. The van der Waals surface area contributed by atoms with Crippen LogP contribution in [0.1, 0.15) is 45.2 Å². The second kappa shape index (κ2) is 12.5. The monoisotopic (exact) mass is 696 g/mol. The lowest BCUT2D eigenvalue weighted by molar-refractivity contribution is 0.672. The van der Waals surface area contributed by atoms with Crippen molar-refractivity contribution in [3.05, 3.63) is 199 Å². The maximum Gasteiger partial charge on any atom is 0.143 e. The normalized spacial score (nSPS) is 20.3. The highest BCUT2D eigenvalue weighted by Crippen LogP contribution is 2.45. The Balaban J connectivity index is 1.40. The number of furan rings is 1. The van der Waals surface area contributed by atoms with Gasteiger partial charge in [-0.15, -0.1) is 0 Å². The van der Waals surface area contributed by atoms with E-state index in [1.54, 1.807) is 0 Å². The lowest BCUT2D eigenvalue weighted by Crippen LogP contribution is -2.10. The van der Waals surface area contributed by atoms with Crippen molar-refractivity contribution in [2.45, 2.75) is 0 Å². The van der Waals surface area contributed by atoms with Crippen LogP contribution in [0.3, 0.4) is 0 Å². The van der Waals surface area contributed by atoms with Crippen molar-refractivity contribution >= 4 is 60.5 Å². The van der Waals surface area contributed by atoms with Gasteiger partial charge >= 0.3 is 0 Å². The van der Waals surface area contributed by atoms with E-state index in [1.807, 2.05) is 0 Å². The van der Waals surface area contributed by atoms with Crippen molar-refractivity contribution in [2.24, 2.45) is 0 Å². The Labute approximate surface area is 348 Å². The largest absolute Gasteiger partial charge is 0.455 e. The van der Waals surface area contributed by atoms with E-state index in [4.69, 9.17) is 35.9 Å². The van der Waals surface area contributed by atoms with Crippen molar-refractivity contribution in [3.8, 4) is 33.4 Å². The first-order chi connectivity index (χ1) is 39.5. The number of hydrogen-bond acceptors (Lipinski definition) is 2. The Morgan fingerprint density at radius 3 is 1.58 bits per heavy atom. The number of anilines is 3. The maximum atomic E-state index is 9.75. The van der Waals surface area contributed by atoms with Gasteiger partial charge in [0.15, 0.2) is 0 Å². The third-order valence-corrected chi connectivity index (χ3v) is 7.81. The van der Waals surface area contributed by atoms with Crippen LogP contribution in [0.4, 0.5) is 17.1 Å². The van der Waals surface area contributed by atoms with Gasteiger partial charge in [-0.05, 0) is 91.8 Å². The molecule has 2 nitrogen and oxygen atoms in total. The molecule has 0 aliphatic carbocycles. The van der Waals surface area contributed by atoms with Crippen LogP contribution < -0.4 is 4.90 Å². The molecule has 0 aliphatic rings. The summed E-state index contributed by atoms with van der Waals surface area (Å²) in [6.45, 7) is 0. The minimum Gasteiger partial charge on any atom is -0.455 e. The van der Waals surface area contributed by atoms with E-state index in [-0.39, 0.29) is 0 Å². The highest BCUT2D eigenvalue weighted by molar-refractivity contribution is 6.19. The zero-order chi connectivity index (χ0) is 63.2. The zero-order valence-electron chi connectivity index (χ0n) is 58.9. The van der Waals surface area contributed by atoms with E-state index in [0.29, 0.717) is 4.90 Å². The van der Waals surface area contributed by atoms with Crippen molar-refractivity contribution in [2.75, 3.05) is 4.90 Å². The first-order valence-corrected chi connectivity index (χ1v) is 15.1. The van der Waals surface area contributed by atoms with Crippen molar-refractivity contribution in [3.63, 3.8) is 0 Å². The van der Waals surface area contributed by atoms with Gasteiger partial charge in [-0.1, -0.05) is 157 Å². The molecule has 0 amide bonds. The Kier molecular flexibility index (Phi) is 2.77. The van der Waals surface area contributed by atoms with E-state index < -0.39 is 293 Å². The average molecular weight is 697 g/mol. The first-order valence-electron chi connectivity index (χ1n) is 31.6.